The normalized spacial score (nSPS) is 14.3. The molecule has 32 heavy (non-hydrogen) atoms. The van der Waals surface area contributed by atoms with Crippen molar-refractivity contribution in [2.24, 2.45) is 0 Å². The zero-order valence-electron chi connectivity index (χ0n) is 18.1. The number of benzene rings is 2. The highest BCUT2D eigenvalue weighted by Gasteiger charge is 2.25. The molecule has 0 bridgehead atoms. The van der Waals surface area contributed by atoms with Crippen LogP contribution in [0.5, 0.6) is 0 Å². The van der Waals surface area contributed by atoms with E-state index in [4.69, 9.17) is 4.42 Å². The number of furan rings is 1. The highest BCUT2D eigenvalue weighted by Crippen LogP contribution is 2.16. The zero-order chi connectivity index (χ0) is 22.5. The summed E-state index contributed by atoms with van der Waals surface area (Å²) in [6, 6.07) is 15.2. The van der Waals surface area contributed by atoms with E-state index >= 15 is 0 Å². The summed E-state index contributed by atoms with van der Waals surface area (Å²) in [7, 11) is 0. The van der Waals surface area contributed by atoms with Crippen LogP contribution in [0.4, 0.5) is 0 Å². The van der Waals surface area contributed by atoms with Crippen LogP contribution in [-0.4, -0.2) is 48.3 Å². The first-order valence-corrected chi connectivity index (χ1v) is 10.9. The van der Waals surface area contributed by atoms with Crippen LogP contribution in [0.2, 0.25) is 0 Å². The fraction of sp³-hybridized carbons (Fsp3) is 0.320. The highest BCUT2D eigenvalue weighted by atomic mass is 16.3. The molecule has 0 spiro atoms. The second-order valence-corrected chi connectivity index (χ2v) is 8.13. The van der Waals surface area contributed by atoms with Gasteiger partial charge in [-0.25, -0.2) is 0 Å². The first-order valence-electron chi connectivity index (χ1n) is 10.9. The van der Waals surface area contributed by atoms with E-state index in [1.54, 1.807) is 17.0 Å². The molecule has 7 nitrogen and oxygen atoms in total. The molecular weight excluding hydrogens is 406 g/mol. The summed E-state index contributed by atoms with van der Waals surface area (Å²) >= 11 is 0. The van der Waals surface area contributed by atoms with Gasteiger partial charge in [0.05, 0.1) is 6.26 Å². The number of piperidine rings is 1. The Morgan fingerprint density at radius 2 is 1.75 bits per heavy atom. The lowest BCUT2D eigenvalue weighted by Gasteiger charge is -2.32. The Balaban J connectivity index is 1.20. The lowest BCUT2D eigenvalue weighted by Crippen LogP contribution is -2.47. The molecule has 0 aliphatic carbocycles. The number of aryl methyl sites for hydroxylation is 1. The topological polar surface area (TPSA) is 91.7 Å². The molecule has 3 amide bonds. The van der Waals surface area contributed by atoms with E-state index in [1.807, 2.05) is 43.3 Å². The summed E-state index contributed by atoms with van der Waals surface area (Å²) in [5.41, 5.74) is 1.39. The number of hydrogen-bond donors (Lipinski definition) is 2. The third-order valence-corrected chi connectivity index (χ3v) is 5.89. The number of hydrogen-bond acceptors (Lipinski definition) is 4. The third-order valence-electron chi connectivity index (χ3n) is 5.89. The van der Waals surface area contributed by atoms with E-state index in [2.05, 4.69) is 10.6 Å². The molecule has 2 N–H and O–H groups in total. The maximum Gasteiger partial charge on any atom is 0.287 e. The standard InChI is InChI=1S/C25H27N3O4/c1-17-11-15-32-23(17)25(31)27-21-9-13-28(14-10-21)22(29)8-12-26-24(30)20-7-6-18-4-2-3-5-19(18)16-20/h2-7,11,15-16,21H,8-10,12-14H2,1H3,(H,26,30)(H,27,31). The van der Waals surface area contributed by atoms with Crippen LogP contribution in [-0.2, 0) is 4.79 Å². The van der Waals surface area contributed by atoms with Gasteiger partial charge in [0, 0.05) is 43.2 Å². The lowest BCUT2D eigenvalue weighted by molar-refractivity contribution is -0.132. The molecule has 1 aliphatic heterocycles. The predicted molar refractivity (Wildman–Crippen MR) is 121 cm³/mol. The van der Waals surface area contributed by atoms with Crippen LogP contribution in [0.3, 0.4) is 0 Å². The molecule has 0 radical (unpaired) electrons. The Kier molecular flexibility index (Phi) is 6.54. The molecule has 2 aromatic carbocycles. The van der Waals surface area contributed by atoms with E-state index in [9.17, 15) is 14.4 Å². The molecule has 4 rings (SSSR count). The predicted octanol–water partition coefficient (Wildman–Crippen LogP) is 3.28. The maximum absolute atomic E-state index is 12.5. The SMILES string of the molecule is Cc1ccoc1C(=O)NC1CCN(C(=O)CCNC(=O)c2ccc3ccccc3c2)CC1. The molecule has 166 valence electrons. The van der Waals surface area contributed by atoms with Gasteiger partial charge in [-0.2, -0.15) is 0 Å². The van der Waals surface area contributed by atoms with Gasteiger partial charge in [-0.3, -0.25) is 14.4 Å². The Morgan fingerprint density at radius 3 is 2.47 bits per heavy atom. The number of nitrogens with zero attached hydrogens (tertiary/aromatic N) is 1. The van der Waals surface area contributed by atoms with E-state index < -0.39 is 0 Å². The molecule has 1 aromatic heterocycles. The fourth-order valence-electron chi connectivity index (χ4n) is 4.00. The fourth-order valence-corrected chi connectivity index (χ4v) is 4.00. The number of carbonyl (C=O) groups is 3. The Bertz CT molecular complexity index is 1130. The van der Waals surface area contributed by atoms with Crippen molar-refractivity contribution in [3.8, 4) is 0 Å². The van der Waals surface area contributed by atoms with Crippen molar-refractivity contribution in [2.75, 3.05) is 19.6 Å². The highest BCUT2D eigenvalue weighted by molar-refractivity contribution is 5.98. The Hall–Kier alpha value is -3.61. The van der Waals surface area contributed by atoms with E-state index in [1.165, 1.54) is 6.26 Å². The minimum absolute atomic E-state index is 0.00969. The van der Waals surface area contributed by atoms with Gasteiger partial charge < -0.3 is 20.0 Å². The van der Waals surface area contributed by atoms with E-state index in [0.717, 1.165) is 16.3 Å². The van der Waals surface area contributed by atoms with Crippen molar-refractivity contribution in [3.63, 3.8) is 0 Å². The lowest BCUT2D eigenvalue weighted by atomic mass is 10.0. The van der Waals surface area contributed by atoms with Gasteiger partial charge in [-0.05, 0) is 48.7 Å². The first-order chi connectivity index (χ1) is 15.5. The van der Waals surface area contributed by atoms with Gasteiger partial charge in [0.15, 0.2) is 5.76 Å². The van der Waals surface area contributed by atoms with Gasteiger partial charge in [-0.15, -0.1) is 0 Å². The van der Waals surface area contributed by atoms with Crippen LogP contribution in [0.25, 0.3) is 10.8 Å². The number of likely N-dealkylation sites (tertiary alicyclic amines) is 1. The third kappa shape index (κ3) is 4.99. The second-order valence-electron chi connectivity index (χ2n) is 8.13. The van der Waals surface area contributed by atoms with Crippen LogP contribution < -0.4 is 10.6 Å². The quantitative estimate of drug-likeness (QED) is 0.624. The largest absolute Gasteiger partial charge is 0.459 e. The molecule has 7 heteroatoms. The van der Waals surface area contributed by atoms with Crippen molar-refractivity contribution >= 4 is 28.5 Å². The van der Waals surface area contributed by atoms with E-state index in [0.29, 0.717) is 43.8 Å². The molecular formula is C25H27N3O4. The summed E-state index contributed by atoms with van der Waals surface area (Å²) in [5.74, 6) is -0.0481. The van der Waals surface area contributed by atoms with Crippen LogP contribution in [0, 0.1) is 6.92 Å². The van der Waals surface area contributed by atoms with Crippen molar-refractivity contribution < 1.29 is 18.8 Å². The molecule has 0 saturated carbocycles. The molecule has 3 aromatic rings. The van der Waals surface area contributed by atoms with Gasteiger partial charge >= 0.3 is 0 Å². The second kappa shape index (κ2) is 9.68. The molecule has 1 fully saturated rings. The molecule has 0 unspecified atom stereocenters. The minimum Gasteiger partial charge on any atom is -0.459 e. The van der Waals surface area contributed by atoms with Gasteiger partial charge in [-0.1, -0.05) is 30.3 Å². The van der Waals surface area contributed by atoms with Crippen molar-refractivity contribution in [3.05, 3.63) is 71.7 Å². The average Bonchev–Trinajstić information content (AvgIpc) is 3.25. The Labute approximate surface area is 186 Å². The molecule has 1 aliphatic rings. The molecule has 2 heterocycles. The molecule has 0 atom stereocenters. The Morgan fingerprint density at radius 1 is 1.00 bits per heavy atom. The monoisotopic (exact) mass is 433 g/mol. The number of carbonyl (C=O) groups excluding carboxylic acids is 3. The van der Waals surface area contributed by atoms with Gasteiger partial charge in [0.25, 0.3) is 11.8 Å². The summed E-state index contributed by atoms with van der Waals surface area (Å²) in [6.45, 7) is 3.29. The number of rotatable bonds is 6. The van der Waals surface area contributed by atoms with E-state index in [-0.39, 0.29) is 30.2 Å². The first kappa shape index (κ1) is 21.6. The van der Waals surface area contributed by atoms with Crippen LogP contribution >= 0.6 is 0 Å². The van der Waals surface area contributed by atoms with Crippen molar-refractivity contribution in [1.82, 2.24) is 15.5 Å². The smallest absolute Gasteiger partial charge is 0.287 e. The number of amides is 3. The van der Waals surface area contributed by atoms with Gasteiger partial charge in [0.1, 0.15) is 0 Å². The molecule has 1 saturated heterocycles. The van der Waals surface area contributed by atoms with Crippen molar-refractivity contribution in [2.45, 2.75) is 32.2 Å². The van der Waals surface area contributed by atoms with Gasteiger partial charge in [0.2, 0.25) is 5.91 Å². The summed E-state index contributed by atoms with van der Waals surface area (Å²) < 4.78 is 5.23. The summed E-state index contributed by atoms with van der Waals surface area (Å²) in [5, 5.41) is 7.91. The average molecular weight is 434 g/mol. The van der Waals surface area contributed by atoms with Crippen LogP contribution in [0.1, 0.15) is 45.7 Å². The van der Waals surface area contributed by atoms with Crippen molar-refractivity contribution in [1.29, 1.82) is 0 Å². The van der Waals surface area contributed by atoms with Crippen LogP contribution in [0.15, 0.2) is 59.2 Å². The summed E-state index contributed by atoms with van der Waals surface area (Å²) in [4.78, 5) is 39.0. The number of fused-ring (bicyclic) bond motifs is 1. The summed E-state index contributed by atoms with van der Waals surface area (Å²) in [6.07, 6.45) is 3.15. The zero-order valence-corrected chi connectivity index (χ0v) is 18.1. The maximum atomic E-state index is 12.5. The minimum atomic E-state index is -0.214. The number of nitrogens with one attached hydrogen (secondary N) is 2.